The van der Waals surface area contributed by atoms with Gasteiger partial charge >= 0.3 is 0 Å². The number of amides is 1. The molecule has 0 aromatic carbocycles. The first kappa shape index (κ1) is 11.2. The summed E-state index contributed by atoms with van der Waals surface area (Å²) in [4.78, 5) is 11.2. The van der Waals surface area contributed by atoms with Crippen LogP contribution in [0.3, 0.4) is 0 Å². The molecule has 2 N–H and O–H groups in total. The van der Waals surface area contributed by atoms with Crippen molar-refractivity contribution in [3.63, 3.8) is 0 Å². The molecule has 0 radical (unpaired) electrons. The van der Waals surface area contributed by atoms with Crippen LogP contribution >= 0.6 is 0 Å². The lowest BCUT2D eigenvalue weighted by atomic mass is 10.2. The molecular weight excluding hydrogens is 152 g/mol. The van der Waals surface area contributed by atoms with Gasteiger partial charge in [0.2, 0.25) is 5.91 Å². The van der Waals surface area contributed by atoms with Gasteiger partial charge in [-0.2, -0.15) is 0 Å². The molecule has 3 nitrogen and oxygen atoms in total. The zero-order valence-corrected chi connectivity index (χ0v) is 8.11. The van der Waals surface area contributed by atoms with Crippen LogP contribution in [0.2, 0.25) is 0 Å². The van der Waals surface area contributed by atoms with Crippen LogP contribution in [0.4, 0.5) is 0 Å². The molecule has 3 heteroatoms. The summed E-state index contributed by atoms with van der Waals surface area (Å²) in [5, 5.41) is 5.76. The first-order valence-electron chi connectivity index (χ1n) is 4.32. The van der Waals surface area contributed by atoms with Crippen molar-refractivity contribution in [2.24, 2.45) is 0 Å². The van der Waals surface area contributed by atoms with Gasteiger partial charge in [0, 0.05) is 18.7 Å². The van der Waals surface area contributed by atoms with Gasteiger partial charge in [0.05, 0.1) is 0 Å². The number of rotatable bonds is 5. The van der Waals surface area contributed by atoms with E-state index in [1.807, 2.05) is 27.0 Å². The van der Waals surface area contributed by atoms with Gasteiger partial charge < -0.3 is 10.6 Å². The molecule has 0 rings (SSSR count). The SMILES string of the molecule is CCC=C(C)C(=O)NCCNC. The average Bonchev–Trinajstić information content (AvgIpc) is 2.05. The van der Waals surface area contributed by atoms with E-state index in [0.29, 0.717) is 6.54 Å². The average molecular weight is 170 g/mol. The molecule has 0 saturated carbocycles. The predicted molar refractivity (Wildman–Crippen MR) is 51.0 cm³/mol. The van der Waals surface area contributed by atoms with Gasteiger partial charge in [-0.05, 0) is 20.4 Å². The largest absolute Gasteiger partial charge is 0.351 e. The highest BCUT2D eigenvalue weighted by Crippen LogP contribution is 1.93. The fourth-order valence-electron chi connectivity index (χ4n) is 0.839. The van der Waals surface area contributed by atoms with Gasteiger partial charge in [0.15, 0.2) is 0 Å². The summed E-state index contributed by atoms with van der Waals surface area (Å²) in [6, 6.07) is 0. The van der Waals surface area contributed by atoms with Crippen LogP contribution in [0, 0.1) is 0 Å². The van der Waals surface area contributed by atoms with E-state index in [0.717, 1.165) is 18.5 Å². The minimum atomic E-state index is 0.0344. The smallest absolute Gasteiger partial charge is 0.246 e. The fourth-order valence-corrected chi connectivity index (χ4v) is 0.839. The molecule has 0 bridgehead atoms. The highest BCUT2D eigenvalue weighted by molar-refractivity contribution is 5.92. The Bertz CT molecular complexity index is 164. The molecule has 70 valence electrons. The quantitative estimate of drug-likeness (QED) is 0.470. The van der Waals surface area contributed by atoms with Crippen molar-refractivity contribution in [2.45, 2.75) is 20.3 Å². The zero-order chi connectivity index (χ0) is 9.40. The van der Waals surface area contributed by atoms with Gasteiger partial charge in [0.25, 0.3) is 0 Å². The van der Waals surface area contributed by atoms with Gasteiger partial charge in [0.1, 0.15) is 0 Å². The van der Waals surface area contributed by atoms with Crippen LogP contribution in [0.15, 0.2) is 11.6 Å². The molecule has 0 aliphatic heterocycles. The number of nitrogens with one attached hydrogen (secondary N) is 2. The summed E-state index contributed by atoms with van der Waals surface area (Å²) < 4.78 is 0. The Kier molecular flexibility index (Phi) is 6.38. The third-order valence-corrected chi connectivity index (χ3v) is 1.53. The Morgan fingerprint density at radius 1 is 1.42 bits per heavy atom. The highest BCUT2D eigenvalue weighted by Gasteiger charge is 2.00. The highest BCUT2D eigenvalue weighted by atomic mass is 16.1. The molecule has 0 aromatic heterocycles. The number of likely N-dealkylation sites (N-methyl/N-ethyl adjacent to an activating group) is 1. The standard InChI is InChI=1S/C9H18N2O/c1-4-5-8(2)9(12)11-7-6-10-3/h5,10H,4,6-7H2,1-3H3,(H,11,12). The Hall–Kier alpha value is -0.830. The lowest BCUT2D eigenvalue weighted by molar-refractivity contribution is -0.117. The summed E-state index contributed by atoms with van der Waals surface area (Å²) >= 11 is 0. The first-order valence-corrected chi connectivity index (χ1v) is 4.32. The number of carbonyl (C=O) groups is 1. The maximum absolute atomic E-state index is 11.2. The van der Waals surface area contributed by atoms with Crippen molar-refractivity contribution in [1.82, 2.24) is 10.6 Å². The van der Waals surface area contributed by atoms with E-state index in [1.54, 1.807) is 0 Å². The number of hydrogen-bond acceptors (Lipinski definition) is 2. The van der Waals surface area contributed by atoms with Crippen molar-refractivity contribution in [3.05, 3.63) is 11.6 Å². The molecule has 1 amide bonds. The van der Waals surface area contributed by atoms with Crippen LogP contribution in [-0.2, 0) is 4.79 Å². The van der Waals surface area contributed by atoms with Gasteiger partial charge in [-0.1, -0.05) is 13.0 Å². The lowest BCUT2D eigenvalue weighted by Crippen LogP contribution is -2.30. The minimum Gasteiger partial charge on any atom is -0.351 e. The second-order valence-corrected chi connectivity index (χ2v) is 2.65. The summed E-state index contributed by atoms with van der Waals surface area (Å²) in [5.41, 5.74) is 0.800. The number of hydrogen-bond donors (Lipinski definition) is 2. The molecule has 0 unspecified atom stereocenters. The lowest BCUT2D eigenvalue weighted by Gasteiger charge is -2.03. The van der Waals surface area contributed by atoms with Crippen molar-refractivity contribution in [3.8, 4) is 0 Å². The van der Waals surface area contributed by atoms with Gasteiger partial charge in [-0.25, -0.2) is 0 Å². The molecule has 0 aliphatic rings. The molecule has 0 spiro atoms. The van der Waals surface area contributed by atoms with Crippen LogP contribution in [0.25, 0.3) is 0 Å². The van der Waals surface area contributed by atoms with E-state index in [9.17, 15) is 4.79 Å². The van der Waals surface area contributed by atoms with Gasteiger partial charge in [-0.3, -0.25) is 4.79 Å². The molecule has 12 heavy (non-hydrogen) atoms. The molecular formula is C9H18N2O. The normalized spacial score (nSPS) is 11.4. The summed E-state index contributed by atoms with van der Waals surface area (Å²) in [6.45, 7) is 5.35. The molecule has 0 saturated heterocycles. The van der Waals surface area contributed by atoms with E-state index >= 15 is 0 Å². The maximum atomic E-state index is 11.2. The fraction of sp³-hybridized carbons (Fsp3) is 0.667. The van der Waals surface area contributed by atoms with Crippen molar-refractivity contribution in [2.75, 3.05) is 20.1 Å². The third kappa shape index (κ3) is 4.91. The second-order valence-electron chi connectivity index (χ2n) is 2.65. The summed E-state index contributed by atoms with van der Waals surface area (Å²) in [7, 11) is 1.86. The van der Waals surface area contributed by atoms with Crippen LogP contribution in [0.5, 0.6) is 0 Å². The van der Waals surface area contributed by atoms with E-state index < -0.39 is 0 Å². The Labute approximate surface area is 74.2 Å². The Morgan fingerprint density at radius 3 is 2.58 bits per heavy atom. The molecule has 0 heterocycles. The monoisotopic (exact) mass is 170 g/mol. The Balaban J connectivity index is 3.64. The van der Waals surface area contributed by atoms with E-state index in [2.05, 4.69) is 10.6 Å². The number of carbonyl (C=O) groups excluding carboxylic acids is 1. The molecule has 0 aromatic rings. The zero-order valence-electron chi connectivity index (χ0n) is 8.11. The van der Waals surface area contributed by atoms with Crippen LogP contribution < -0.4 is 10.6 Å². The van der Waals surface area contributed by atoms with E-state index in [1.165, 1.54) is 0 Å². The Morgan fingerprint density at radius 2 is 2.08 bits per heavy atom. The second kappa shape index (κ2) is 6.85. The molecule has 0 aliphatic carbocycles. The van der Waals surface area contributed by atoms with Crippen molar-refractivity contribution in [1.29, 1.82) is 0 Å². The first-order chi connectivity index (χ1) is 5.72. The van der Waals surface area contributed by atoms with Crippen molar-refractivity contribution < 1.29 is 4.79 Å². The molecule has 0 atom stereocenters. The van der Waals surface area contributed by atoms with E-state index in [-0.39, 0.29) is 5.91 Å². The van der Waals surface area contributed by atoms with Crippen LogP contribution in [-0.4, -0.2) is 26.0 Å². The topological polar surface area (TPSA) is 41.1 Å². The maximum Gasteiger partial charge on any atom is 0.246 e. The van der Waals surface area contributed by atoms with E-state index in [4.69, 9.17) is 0 Å². The van der Waals surface area contributed by atoms with Crippen molar-refractivity contribution >= 4 is 5.91 Å². The third-order valence-electron chi connectivity index (χ3n) is 1.53. The predicted octanol–water partition coefficient (Wildman–Crippen LogP) is 0.678. The minimum absolute atomic E-state index is 0.0344. The summed E-state index contributed by atoms with van der Waals surface area (Å²) in [5.74, 6) is 0.0344. The van der Waals surface area contributed by atoms with Crippen LogP contribution in [0.1, 0.15) is 20.3 Å². The number of allylic oxidation sites excluding steroid dienone is 1. The summed E-state index contributed by atoms with van der Waals surface area (Å²) in [6.07, 6.45) is 2.83. The molecule has 0 fully saturated rings. The van der Waals surface area contributed by atoms with Gasteiger partial charge in [-0.15, -0.1) is 0 Å².